The Hall–Kier alpha value is -0.540. The Morgan fingerprint density at radius 3 is 2.88 bits per heavy atom. The molecule has 2 rings (SSSR count). The summed E-state index contributed by atoms with van der Waals surface area (Å²) in [5, 5.41) is 9.22. The smallest absolute Gasteiger partial charge is 0.161 e. The fraction of sp³-hybridized carbons (Fsp3) is 0. The van der Waals surface area contributed by atoms with E-state index in [1.807, 2.05) is 24.3 Å². The maximum absolute atomic E-state index is 8.94. The molecule has 1 aromatic carbocycles. The molecule has 0 spiro atoms. The molecule has 2 aromatic rings. The molecule has 6 heteroatoms. The number of hydrogen-bond acceptors (Lipinski definition) is 4. The third kappa shape index (κ3) is 2.41. The molecule has 0 unspecified atom stereocenters. The van der Waals surface area contributed by atoms with Crippen LogP contribution >= 0.6 is 50.8 Å². The van der Waals surface area contributed by atoms with Gasteiger partial charge in [-0.2, -0.15) is 9.64 Å². The van der Waals surface area contributed by atoms with Gasteiger partial charge in [-0.15, -0.1) is 0 Å². The molecule has 0 atom stereocenters. The van der Waals surface area contributed by atoms with E-state index >= 15 is 0 Å². The number of aromatic nitrogens is 1. The van der Waals surface area contributed by atoms with Crippen LogP contribution in [0.15, 0.2) is 37.8 Å². The van der Waals surface area contributed by atoms with Gasteiger partial charge in [-0.25, -0.2) is 0 Å². The fourth-order valence-corrected chi connectivity index (χ4v) is 3.70. The minimum Gasteiger partial charge on any atom is -0.192 e. The van der Waals surface area contributed by atoms with Gasteiger partial charge in [-0.3, -0.25) is 0 Å². The highest BCUT2D eigenvalue weighted by molar-refractivity contribution is 9.10. The Morgan fingerprint density at radius 1 is 1.44 bits per heavy atom. The van der Waals surface area contributed by atoms with Crippen molar-refractivity contribution < 1.29 is 0 Å². The van der Waals surface area contributed by atoms with E-state index in [0.717, 1.165) is 13.6 Å². The van der Waals surface area contributed by atoms with Crippen LogP contribution in [0.25, 0.3) is 0 Å². The first kappa shape index (κ1) is 11.9. The Labute approximate surface area is 115 Å². The maximum atomic E-state index is 8.94. The first-order valence-corrected chi connectivity index (χ1v) is 6.96. The molecule has 0 bridgehead atoms. The number of nitrogens with zero attached hydrogens (tertiary/aromatic N) is 2. The van der Waals surface area contributed by atoms with Gasteiger partial charge in [-0.1, -0.05) is 35.5 Å². The molecule has 1 aromatic heterocycles. The summed E-state index contributed by atoms with van der Waals surface area (Å²) in [7, 11) is 0. The van der Waals surface area contributed by atoms with Crippen molar-refractivity contribution in [3.8, 4) is 6.07 Å². The van der Waals surface area contributed by atoms with Gasteiger partial charge < -0.3 is 0 Å². The van der Waals surface area contributed by atoms with E-state index in [0.29, 0.717) is 5.56 Å². The maximum Gasteiger partial charge on any atom is 0.161 e. The molecule has 0 radical (unpaired) electrons. The highest BCUT2D eigenvalue weighted by atomic mass is 79.9. The average molecular weight is 332 g/mol. The van der Waals surface area contributed by atoms with Crippen molar-refractivity contribution in [3.05, 3.63) is 39.5 Å². The van der Waals surface area contributed by atoms with Crippen molar-refractivity contribution in [2.75, 3.05) is 0 Å². The van der Waals surface area contributed by atoms with E-state index in [4.69, 9.17) is 16.9 Å². The molecule has 80 valence electrons. The first-order chi connectivity index (χ1) is 7.72. The van der Waals surface area contributed by atoms with Gasteiger partial charge in [0.25, 0.3) is 0 Å². The van der Waals surface area contributed by atoms with E-state index in [-0.39, 0.29) is 5.15 Å². The summed E-state index contributed by atoms with van der Waals surface area (Å²) in [4.78, 5) is 1.04. The van der Waals surface area contributed by atoms with Crippen LogP contribution in [0.2, 0.25) is 5.15 Å². The zero-order valence-electron chi connectivity index (χ0n) is 7.78. The monoisotopic (exact) mass is 330 g/mol. The molecule has 16 heavy (non-hydrogen) atoms. The highest BCUT2D eigenvalue weighted by Crippen LogP contribution is 2.39. The predicted molar refractivity (Wildman–Crippen MR) is 70.1 cm³/mol. The SMILES string of the molecule is N#Cc1c(Cl)nsc1Sc1ccccc1Br. The van der Waals surface area contributed by atoms with Crippen molar-refractivity contribution in [2.45, 2.75) is 9.10 Å². The fourth-order valence-electron chi connectivity index (χ4n) is 1.05. The molecule has 0 N–H and O–H groups in total. The van der Waals surface area contributed by atoms with Crippen molar-refractivity contribution in [2.24, 2.45) is 0 Å². The molecule has 0 amide bonds. The van der Waals surface area contributed by atoms with Crippen molar-refractivity contribution in [1.82, 2.24) is 4.37 Å². The van der Waals surface area contributed by atoms with Crippen molar-refractivity contribution in [1.29, 1.82) is 5.26 Å². The largest absolute Gasteiger partial charge is 0.192 e. The van der Waals surface area contributed by atoms with Crippen LogP contribution in [-0.2, 0) is 0 Å². The second-order valence-corrected chi connectivity index (χ2v) is 6.08. The molecular formula is C10H4BrClN2S2. The van der Waals surface area contributed by atoms with Crippen LogP contribution in [-0.4, -0.2) is 4.37 Å². The zero-order chi connectivity index (χ0) is 11.5. The lowest BCUT2D eigenvalue weighted by molar-refractivity contribution is 1.39. The number of nitriles is 1. The molecule has 0 saturated heterocycles. The summed E-state index contributed by atoms with van der Waals surface area (Å²) in [6.45, 7) is 0. The van der Waals surface area contributed by atoms with E-state index < -0.39 is 0 Å². The van der Waals surface area contributed by atoms with Gasteiger partial charge in [0, 0.05) is 9.37 Å². The molecule has 1 heterocycles. The Kier molecular flexibility index (Phi) is 3.87. The van der Waals surface area contributed by atoms with Gasteiger partial charge in [0.05, 0.1) is 0 Å². The van der Waals surface area contributed by atoms with E-state index in [2.05, 4.69) is 26.4 Å². The summed E-state index contributed by atoms with van der Waals surface area (Å²) in [5.41, 5.74) is 0.451. The zero-order valence-corrected chi connectivity index (χ0v) is 11.8. The average Bonchev–Trinajstić information content (AvgIpc) is 2.63. The standard InChI is InChI=1S/C10H4BrClN2S2/c11-7-3-1-2-4-8(7)15-10-6(5-13)9(12)14-16-10/h1-4H. The Bertz CT molecular complexity index is 562. The van der Waals surface area contributed by atoms with Gasteiger partial charge in [0.15, 0.2) is 5.15 Å². The molecule has 0 aliphatic rings. The van der Waals surface area contributed by atoms with Crippen LogP contribution in [0.5, 0.6) is 0 Å². The molecule has 0 fully saturated rings. The third-order valence-corrected chi connectivity index (χ3v) is 5.18. The third-order valence-electron chi connectivity index (χ3n) is 1.77. The van der Waals surface area contributed by atoms with E-state index in [1.165, 1.54) is 23.3 Å². The second-order valence-electron chi connectivity index (χ2n) is 2.78. The van der Waals surface area contributed by atoms with Crippen molar-refractivity contribution >= 4 is 50.8 Å². The van der Waals surface area contributed by atoms with Crippen LogP contribution < -0.4 is 0 Å². The quantitative estimate of drug-likeness (QED) is 0.808. The van der Waals surface area contributed by atoms with Crippen molar-refractivity contribution in [3.63, 3.8) is 0 Å². The van der Waals surface area contributed by atoms with Gasteiger partial charge in [-0.05, 0) is 39.6 Å². The molecule has 0 saturated carbocycles. The molecule has 2 nitrogen and oxygen atoms in total. The highest BCUT2D eigenvalue weighted by Gasteiger charge is 2.13. The minimum atomic E-state index is 0.280. The first-order valence-electron chi connectivity index (χ1n) is 4.20. The Morgan fingerprint density at radius 2 is 2.19 bits per heavy atom. The number of benzene rings is 1. The van der Waals surface area contributed by atoms with Crippen LogP contribution in [0.4, 0.5) is 0 Å². The van der Waals surface area contributed by atoms with E-state index in [1.54, 1.807) is 0 Å². The number of hydrogen-bond donors (Lipinski definition) is 0. The van der Waals surface area contributed by atoms with Crippen LogP contribution in [0, 0.1) is 11.3 Å². The summed E-state index contributed by atoms with van der Waals surface area (Å²) >= 11 is 12.0. The molecule has 0 aliphatic carbocycles. The van der Waals surface area contributed by atoms with Gasteiger partial charge >= 0.3 is 0 Å². The lowest BCUT2D eigenvalue weighted by Gasteiger charge is -2.00. The van der Waals surface area contributed by atoms with Gasteiger partial charge in [0.2, 0.25) is 0 Å². The second kappa shape index (κ2) is 5.19. The lowest BCUT2D eigenvalue weighted by atomic mass is 10.4. The predicted octanol–water partition coefficient (Wildman–Crippen LogP) is 4.58. The number of halogens is 2. The van der Waals surface area contributed by atoms with E-state index in [9.17, 15) is 0 Å². The summed E-state index contributed by atoms with van der Waals surface area (Å²) in [6, 6.07) is 9.88. The van der Waals surface area contributed by atoms with Gasteiger partial charge in [0.1, 0.15) is 15.8 Å². The summed E-state index contributed by atoms with van der Waals surface area (Å²) in [6.07, 6.45) is 0. The normalized spacial score (nSPS) is 10.1. The number of rotatable bonds is 2. The van der Waals surface area contributed by atoms with Crippen LogP contribution in [0.1, 0.15) is 5.56 Å². The molecule has 0 aliphatic heterocycles. The Balaban J connectivity index is 2.35. The topological polar surface area (TPSA) is 36.7 Å². The molecular weight excluding hydrogens is 328 g/mol. The summed E-state index contributed by atoms with van der Waals surface area (Å²) < 4.78 is 5.77. The summed E-state index contributed by atoms with van der Waals surface area (Å²) in [5.74, 6) is 0. The minimum absolute atomic E-state index is 0.280. The van der Waals surface area contributed by atoms with Crippen LogP contribution in [0.3, 0.4) is 0 Å². The lowest BCUT2D eigenvalue weighted by Crippen LogP contribution is -1.76.